The number of benzene rings is 7. The van der Waals surface area contributed by atoms with Crippen molar-refractivity contribution in [2.45, 2.75) is 12.3 Å². The first kappa shape index (κ1) is 24.7. The quantitative estimate of drug-likeness (QED) is 0.199. The lowest BCUT2D eigenvalue weighted by atomic mass is 9.84. The summed E-state index contributed by atoms with van der Waals surface area (Å²) in [4.78, 5) is 0. The second-order valence-electron chi connectivity index (χ2n) is 12.4. The molecule has 0 amide bonds. The van der Waals surface area contributed by atoms with Gasteiger partial charge in [-0.05, 0) is 98.0 Å². The van der Waals surface area contributed by atoms with Crippen molar-refractivity contribution in [2.24, 2.45) is 0 Å². The standard InChI is InChI=1S/C44H29N/c1-2-12-31(13-3-1)45-42-20-9-8-16-35(42)36-23-21-29(27-43(36)45)28-22-24-39-40(25-28)34-15-6-7-17-37(34)44(39)38-19-10-18-33-32-14-5-4-11-30(32)26-41(33)38/h1-25,27,44H,26H2. The Hall–Kier alpha value is -5.66. The topological polar surface area (TPSA) is 4.93 Å². The SMILES string of the molecule is c1ccc(-n2c3ccccc3c3ccc(-c4ccc5c(c4)-c4ccccc4C5c4cccc5c4Cc4ccccc4-5)cc32)cc1. The molecule has 10 rings (SSSR count). The van der Waals surface area contributed by atoms with Crippen molar-refractivity contribution < 1.29 is 0 Å². The second-order valence-corrected chi connectivity index (χ2v) is 12.4. The van der Waals surface area contributed by atoms with Gasteiger partial charge in [0.2, 0.25) is 0 Å². The molecule has 0 bridgehead atoms. The van der Waals surface area contributed by atoms with E-state index in [1.54, 1.807) is 0 Å². The molecule has 0 N–H and O–H groups in total. The van der Waals surface area contributed by atoms with Crippen LogP contribution in [0.3, 0.4) is 0 Å². The van der Waals surface area contributed by atoms with Crippen molar-refractivity contribution >= 4 is 21.8 Å². The van der Waals surface area contributed by atoms with Gasteiger partial charge in [-0.25, -0.2) is 0 Å². The number of fused-ring (bicyclic) bond motifs is 9. The van der Waals surface area contributed by atoms with Crippen LogP contribution >= 0.6 is 0 Å². The van der Waals surface area contributed by atoms with Gasteiger partial charge >= 0.3 is 0 Å². The first-order valence-corrected chi connectivity index (χ1v) is 15.9. The van der Waals surface area contributed by atoms with Crippen LogP contribution in [0.4, 0.5) is 0 Å². The maximum absolute atomic E-state index is 2.43. The van der Waals surface area contributed by atoms with E-state index in [1.165, 1.54) is 88.7 Å². The maximum atomic E-state index is 2.43. The van der Waals surface area contributed by atoms with Crippen LogP contribution in [0, 0.1) is 0 Å². The molecular weight excluding hydrogens is 542 g/mol. The van der Waals surface area contributed by atoms with E-state index in [-0.39, 0.29) is 5.92 Å². The monoisotopic (exact) mass is 571 g/mol. The fourth-order valence-corrected chi connectivity index (χ4v) is 8.18. The summed E-state index contributed by atoms with van der Waals surface area (Å²) in [6.45, 7) is 0. The Bertz CT molecular complexity index is 2460. The molecule has 0 fully saturated rings. The highest BCUT2D eigenvalue weighted by atomic mass is 15.0. The zero-order valence-electron chi connectivity index (χ0n) is 24.7. The van der Waals surface area contributed by atoms with Gasteiger partial charge in [-0.15, -0.1) is 0 Å². The Morgan fingerprint density at radius 2 is 1.09 bits per heavy atom. The minimum Gasteiger partial charge on any atom is -0.309 e. The molecule has 1 atom stereocenters. The van der Waals surface area contributed by atoms with Crippen LogP contribution in [0.25, 0.3) is 60.9 Å². The van der Waals surface area contributed by atoms with Crippen LogP contribution in [0.1, 0.15) is 33.7 Å². The first-order valence-electron chi connectivity index (χ1n) is 15.9. The highest BCUT2D eigenvalue weighted by Gasteiger charge is 2.33. The van der Waals surface area contributed by atoms with Crippen molar-refractivity contribution in [3.63, 3.8) is 0 Å². The van der Waals surface area contributed by atoms with Crippen LogP contribution in [0.2, 0.25) is 0 Å². The summed E-state index contributed by atoms with van der Waals surface area (Å²) in [5.41, 5.74) is 18.8. The Labute approximate surface area is 262 Å². The second kappa shape index (κ2) is 9.42. The fraction of sp³-hybridized carbons (Fsp3) is 0.0455. The number of rotatable bonds is 3. The molecule has 0 aliphatic heterocycles. The minimum absolute atomic E-state index is 0.234. The molecule has 1 heteroatoms. The van der Waals surface area contributed by atoms with Gasteiger partial charge in [0, 0.05) is 22.4 Å². The van der Waals surface area contributed by atoms with Crippen molar-refractivity contribution in [3.8, 4) is 39.1 Å². The van der Waals surface area contributed by atoms with Crippen LogP contribution in [-0.4, -0.2) is 4.57 Å². The number of hydrogen-bond donors (Lipinski definition) is 0. The molecule has 0 radical (unpaired) electrons. The van der Waals surface area contributed by atoms with Crippen molar-refractivity contribution in [2.75, 3.05) is 0 Å². The van der Waals surface area contributed by atoms with Crippen LogP contribution in [-0.2, 0) is 6.42 Å². The summed E-state index contributed by atoms with van der Waals surface area (Å²) in [5, 5.41) is 2.56. The number of nitrogens with zero attached hydrogens (tertiary/aromatic N) is 1. The lowest BCUT2D eigenvalue weighted by Crippen LogP contribution is -2.03. The van der Waals surface area contributed by atoms with E-state index < -0.39 is 0 Å². The number of para-hydroxylation sites is 2. The van der Waals surface area contributed by atoms with Crippen LogP contribution < -0.4 is 0 Å². The third-order valence-corrected chi connectivity index (χ3v) is 10.1. The Morgan fingerprint density at radius 1 is 0.422 bits per heavy atom. The van der Waals surface area contributed by atoms with Gasteiger partial charge in [-0.2, -0.15) is 0 Å². The van der Waals surface area contributed by atoms with Gasteiger partial charge in [0.15, 0.2) is 0 Å². The Kier molecular flexibility index (Phi) is 5.18. The molecule has 7 aromatic carbocycles. The summed E-state index contributed by atoms with van der Waals surface area (Å²) in [6.07, 6.45) is 1.00. The van der Waals surface area contributed by atoms with E-state index in [0.717, 1.165) is 6.42 Å². The van der Waals surface area contributed by atoms with Gasteiger partial charge in [-0.3, -0.25) is 0 Å². The highest BCUT2D eigenvalue weighted by molar-refractivity contribution is 6.10. The Balaban J connectivity index is 1.14. The summed E-state index contributed by atoms with van der Waals surface area (Å²) in [5.74, 6) is 0.234. The minimum atomic E-state index is 0.234. The lowest BCUT2D eigenvalue weighted by molar-refractivity contribution is 0.987. The Morgan fingerprint density at radius 3 is 2.02 bits per heavy atom. The largest absolute Gasteiger partial charge is 0.309 e. The molecule has 1 heterocycles. The zero-order valence-corrected chi connectivity index (χ0v) is 24.7. The lowest BCUT2D eigenvalue weighted by Gasteiger charge is -2.19. The molecule has 0 spiro atoms. The predicted molar refractivity (Wildman–Crippen MR) is 187 cm³/mol. The molecule has 0 saturated carbocycles. The van der Waals surface area contributed by atoms with Gasteiger partial charge < -0.3 is 4.57 Å². The summed E-state index contributed by atoms with van der Waals surface area (Å²) >= 11 is 0. The van der Waals surface area contributed by atoms with E-state index in [1.807, 2.05) is 0 Å². The molecule has 1 unspecified atom stereocenters. The summed E-state index contributed by atoms with van der Waals surface area (Å²) < 4.78 is 2.40. The maximum Gasteiger partial charge on any atom is 0.0547 e. The van der Waals surface area contributed by atoms with Crippen molar-refractivity contribution in [1.29, 1.82) is 0 Å². The van der Waals surface area contributed by atoms with Crippen LogP contribution in [0.5, 0.6) is 0 Å². The van der Waals surface area contributed by atoms with Crippen molar-refractivity contribution in [1.82, 2.24) is 4.57 Å². The molecular formula is C44H29N. The summed E-state index contributed by atoms with van der Waals surface area (Å²) in [6, 6.07) is 58.5. The van der Waals surface area contributed by atoms with Crippen molar-refractivity contribution in [3.05, 3.63) is 186 Å². The normalized spacial score (nSPS) is 14.4. The van der Waals surface area contributed by atoms with E-state index in [0.29, 0.717) is 0 Å². The fourth-order valence-electron chi connectivity index (χ4n) is 8.18. The third kappa shape index (κ3) is 3.56. The molecule has 2 aliphatic rings. The highest BCUT2D eigenvalue weighted by Crippen LogP contribution is 2.52. The van der Waals surface area contributed by atoms with Gasteiger partial charge in [0.1, 0.15) is 0 Å². The van der Waals surface area contributed by atoms with E-state index in [4.69, 9.17) is 0 Å². The van der Waals surface area contributed by atoms with E-state index >= 15 is 0 Å². The first-order chi connectivity index (χ1) is 22.3. The molecule has 8 aromatic rings. The van der Waals surface area contributed by atoms with Crippen LogP contribution in [0.15, 0.2) is 158 Å². The van der Waals surface area contributed by atoms with Gasteiger partial charge in [-0.1, -0.05) is 127 Å². The van der Waals surface area contributed by atoms with Gasteiger partial charge in [0.05, 0.1) is 11.0 Å². The summed E-state index contributed by atoms with van der Waals surface area (Å²) in [7, 11) is 0. The predicted octanol–water partition coefficient (Wildman–Crippen LogP) is 11.2. The average molecular weight is 572 g/mol. The number of hydrogen-bond acceptors (Lipinski definition) is 0. The van der Waals surface area contributed by atoms with E-state index in [9.17, 15) is 0 Å². The molecule has 1 nitrogen and oxygen atoms in total. The molecule has 0 saturated heterocycles. The number of aromatic nitrogens is 1. The van der Waals surface area contributed by atoms with E-state index in [2.05, 4.69) is 162 Å². The zero-order chi connectivity index (χ0) is 29.5. The molecule has 45 heavy (non-hydrogen) atoms. The molecule has 2 aliphatic carbocycles. The third-order valence-electron chi connectivity index (χ3n) is 10.1. The molecule has 210 valence electrons. The average Bonchev–Trinajstić information content (AvgIpc) is 3.76. The smallest absolute Gasteiger partial charge is 0.0547 e. The van der Waals surface area contributed by atoms with Gasteiger partial charge in [0.25, 0.3) is 0 Å². The molecule has 1 aromatic heterocycles.